The molecule has 0 atom stereocenters. The lowest BCUT2D eigenvalue weighted by molar-refractivity contribution is -0.0788. The van der Waals surface area contributed by atoms with Crippen molar-refractivity contribution in [2.45, 2.75) is 12.1 Å². The van der Waals surface area contributed by atoms with Crippen LogP contribution in [0.5, 0.6) is 0 Å². The van der Waals surface area contributed by atoms with E-state index in [2.05, 4.69) is 21.2 Å². The van der Waals surface area contributed by atoms with E-state index < -0.39 is 0 Å². The van der Waals surface area contributed by atoms with E-state index in [0.29, 0.717) is 18.9 Å². The van der Waals surface area contributed by atoms with Crippen molar-refractivity contribution in [3.8, 4) is 0 Å². The van der Waals surface area contributed by atoms with Crippen molar-refractivity contribution in [3.05, 3.63) is 22.4 Å². The third-order valence-electron chi connectivity index (χ3n) is 2.83. The van der Waals surface area contributed by atoms with Crippen LogP contribution in [0.25, 0.3) is 0 Å². The molecule has 1 aromatic rings. The lowest BCUT2D eigenvalue weighted by Gasteiger charge is -2.41. The zero-order valence-electron chi connectivity index (χ0n) is 8.50. The van der Waals surface area contributed by atoms with Crippen LogP contribution in [0.4, 0.5) is 0 Å². The van der Waals surface area contributed by atoms with Crippen LogP contribution in [0, 0.1) is 0 Å². The summed E-state index contributed by atoms with van der Waals surface area (Å²) in [5.41, 5.74) is 0.660. The number of carbonyl (C=O) groups is 1. The summed E-state index contributed by atoms with van der Waals surface area (Å²) < 4.78 is 7.98. The van der Waals surface area contributed by atoms with Gasteiger partial charge >= 0.3 is 0 Å². The molecule has 1 saturated heterocycles. The van der Waals surface area contributed by atoms with Crippen molar-refractivity contribution < 1.29 is 9.53 Å². The Morgan fingerprint density at radius 1 is 1.73 bits per heavy atom. The van der Waals surface area contributed by atoms with Gasteiger partial charge in [0.15, 0.2) is 6.29 Å². The molecule has 0 radical (unpaired) electrons. The Labute approximate surface area is 96.7 Å². The number of rotatable bonds is 4. The van der Waals surface area contributed by atoms with Gasteiger partial charge in [-0.2, -0.15) is 0 Å². The first-order valence-corrected chi connectivity index (χ1v) is 5.56. The molecule has 1 aromatic heterocycles. The third kappa shape index (κ3) is 1.87. The summed E-state index contributed by atoms with van der Waals surface area (Å²) in [4.78, 5) is 10.9. The van der Waals surface area contributed by atoms with Crippen LogP contribution >= 0.6 is 15.9 Å². The molecule has 0 aromatic carbocycles. The number of nitrogens with one attached hydrogen (secondary N) is 1. The normalized spacial score (nSPS) is 18.5. The molecule has 1 fully saturated rings. The molecule has 4 nitrogen and oxygen atoms in total. The summed E-state index contributed by atoms with van der Waals surface area (Å²) in [5, 5.41) is 3.25. The summed E-state index contributed by atoms with van der Waals surface area (Å²) in [6.07, 6.45) is 2.78. The van der Waals surface area contributed by atoms with E-state index in [4.69, 9.17) is 4.74 Å². The molecule has 82 valence electrons. The SMILES string of the molecule is CNC1(Cn2ccc(Br)c2C=O)COC1. The number of halogens is 1. The monoisotopic (exact) mass is 272 g/mol. The van der Waals surface area contributed by atoms with Gasteiger partial charge in [0.05, 0.1) is 24.4 Å². The van der Waals surface area contributed by atoms with Gasteiger partial charge in [-0.1, -0.05) is 0 Å². The molecule has 1 N–H and O–H groups in total. The van der Waals surface area contributed by atoms with Crippen molar-refractivity contribution in [3.63, 3.8) is 0 Å². The average Bonchev–Trinajstić information content (AvgIpc) is 2.53. The van der Waals surface area contributed by atoms with Crippen LogP contribution in [-0.4, -0.2) is 36.7 Å². The van der Waals surface area contributed by atoms with E-state index in [-0.39, 0.29) is 5.54 Å². The largest absolute Gasteiger partial charge is 0.377 e. The molecular weight excluding hydrogens is 260 g/mol. The summed E-state index contributed by atoms with van der Waals surface area (Å²) in [6.45, 7) is 2.14. The van der Waals surface area contributed by atoms with E-state index in [1.54, 1.807) is 0 Å². The van der Waals surface area contributed by atoms with Gasteiger partial charge in [-0.15, -0.1) is 0 Å². The van der Waals surface area contributed by atoms with Gasteiger partial charge < -0.3 is 14.6 Å². The molecule has 0 spiro atoms. The highest BCUT2D eigenvalue weighted by atomic mass is 79.9. The molecular formula is C10H13BrN2O2. The minimum absolute atomic E-state index is 0.0176. The first-order chi connectivity index (χ1) is 7.21. The summed E-state index contributed by atoms with van der Waals surface area (Å²) >= 11 is 3.34. The van der Waals surface area contributed by atoms with Crippen molar-refractivity contribution >= 4 is 22.2 Å². The average molecular weight is 273 g/mol. The fraction of sp³-hybridized carbons (Fsp3) is 0.500. The van der Waals surface area contributed by atoms with Crippen LogP contribution in [0.1, 0.15) is 10.5 Å². The summed E-state index contributed by atoms with van der Waals surface area (Å²) in [6, 6.07) is 1.88. The maximum Gasteiger partial charge on any atom is 0.167 e. The molecule has 1 aliphatic rings. The zero-order chi connectivity index (χ0) is 10.9. The Morgan fingerprint density at radius 3 is 2.93 bits per heavy atom. The van der Waals surface area contributed by atoms with Crippen LogP contribution < -0.4 is 5.32 Å². The minimum Gasteiger partial charge on any atom is -0.377 e. The summed E-state index contributed by atoms with van der Waals surface area (Å²) in [5.74, 6) is 0. The molecule has 1 aliphatic heterocycles. The van der Waals surface area contributed by atoms with E-state index in [9.17, 15) is 4.79 Å². The smallest absolute Gasteiger partial charge is 0.167 e. The van der Waals surface area contributed by atoms with Gasteiger partial charge in [0.25, 0.3) is 0 Å². The van der Waals surface area contributed by atoms with Crippen LogP contribution in [-0.2, 0) is 11.3 Å². The molecule has 15 heavy (non-hydrogen) atoms. The number of likely N-dealkylation sites (N-methyl/N-ethyl adjacent to an activating group) is 1. The second-order valence-corrected chi connectivity index (χ2v) is 4.67. The maximum absolute atomic E-state index is 10.9. The number of hydrogen-bond acceptors (Lipinski definition) is 3. The minimum atomic E-state index is -0.0176. The van der Waals surface area contributed by atoms with Gasteiger partial charge in [-0.3, -0.25) is 4.79 Å². The van der Waals surface area contributed by atoms with E-state index in [1.165, 1.54) is 0 Å². The van der Waals surface area contributed by atoms with E-state index in [0.717, 1.165) is 17.3 Å². The molecule has 2 rings (SSSR count). The Morgan fingerprint density at radius 2 is 2.47 bits per heavy atom. The van der Waals surface area contributed by atoms with Crippen LogP contribution in [0.2, 0.25) is 0 Å². The van der Waals surface area contributed by atoms with Gasteiger partial charge in [0, 0.05) is 17.2 Å². The predicted octanol–water partition coefficient (Wildman–Crippen LogP) is 1.05. The molecule has 0 unspecified atom stereocenters. The molecule has 0 aliphatic carbocycles. The number of aromatic nitrogens is 1. The fourth-order valence-electron chi connectivity index (χ4n) is 1.71. The Kier molecular flexibility index (Phi) is 2.95. The van der Waals surface area contributed by atoms with Gasteiger partial charge in [0.1, 0.15) is 0 Å². The zero-order valence-corrected chi connectivity index (χ0v) is 10.1. The van der Waals surface area contributed by atoms with Gasteiger partial charge in [-0.25, -0.2) is 0 Å². The highest BCUT2D eigenvalue weighted by Crippen LogP contribution is 2.23. The number of hydrogen-bond donors (Lipinski definition) is 1. The molecule has 0 saturated carbocycles. The van der Waals surface area contributed by atoms with Crippen LogP contribution in [0.3, 0.4) is 0 Å². The number of nitrogens with zero attached hydrogens (tertiary/aromatic N) is 1. The number of aldehydes is 1. The fourth-order valence-corrected chi connectivity index (χ4v) is 2.15. The maximum atomic E-state index is 10.9. The predicted molar refractivity (Wildman–Crippen MR) is 60.1 cm³/mol. The summed E-state index contributed by atoms with van der Waals surface area (Å²) in [7, 11) is 1.92. The second-order valence-electron chi connectivity index (χ2n) is 3.82. The number of ether oxygens (including phenoxy) is 1. The van der Waals surface area contributed by atoms with E-state index in [1.807, 2.05) is 23.9 Å². The lowest BCUT2D eigenvalue weighted by atomic mass is 9.98. The standard InChI is InChI=1S/C10H13BrN2O2/c1-12-10(6-15-7-10)5-13-3-2-8(11)9(13)4-14/h2-4,12H,5-7H2,1H3. The third-order valence-corrected chi connectivity index (χ3v) is 3.50. The van der Waals surface area contributed by atoms with Crippen molar-refractivity contribution in [1.29, 1.82) is 0 Å². The lowest BCUT2D eigenvalue weighted by Crippen LogP contribution is -2.61. The topological polar surface area (TPSA) is 43.3 Å². The number of carbonyl (C=O) groups excluding carboxylic acids is 1. The highest BCUT2D eigenvalue weighted by Gasteiger charge is 2.37. The Bertz CT molecular complexity index is 366. The van der Waals surface area contributed by atoms with Crippen molar-refractivity contribution in [2.24, 2.45) is 0 Å². The van der Waals surface area contributed by atoms with Crippen molar-refractivity contribution in [1.82, 2.24) is 9.88 Å². The molecule has 2 heterocycles. The molecule has 0 bridgehead atoms. The van der Waals surface area contributed by atoms with Gasteiger partial charge in [0.2, 0.25) is 0 Å². The van der Waals surface area contributed by atoms with Gasteiger partial charge in [-0.05, 0) is 29.0 Å². The van der Waals surface area contributed by atoms with Crippen LogP contribution in [0.15, 0.2) is 16.7 Å². The van der Waals surface area contributed by atoms with Crippen molar-refractivity contribution in [2.75, 3.05) is 20.3 Å². The Hall–Kier alpha value is -0.650. The molecule has 0 amide bonds. The van der Waals surface area contributed by atoms with E-state index >= 15 is 0 Å². The first-order valence-electron chi connectivity index (χ1n) is 4.77. The first kappa shape index (κ1) is 10.9. The highest BCUT2D eigenvalue weighted by molar-refractivity contribution is 9.10. The Balaban J connectivity index is 2.19. The molecule has 5 heteroatoms. The second kappa shape index (κ2) is 4.08. The quantitative estimate of drug-likeness (QED) is 0.834.